The van der Waals surface area contributed by atoms with Crippen molar-refractivity contribution in [2.24, 2.45) is 5.10 Å². The van der Waals surface area contributed by atoms with E-state index in [-0.39, 0.29) is 17.1 Å². The van der Waals surface area contributed by atoms with Crippen LogP contribution in [0.3, 0.4) is 0 Å². The summed E-state index contributed by atoms with van der Waals surface area (Å²) in [6.45, 7) is -0.431. The van der Waals surface area contributed by atoms with E-state index in [1.54, 1.807) is 24.3 Å². The number of aromatic hydroxyl groups is 2. The van der Waals surface area contributed by atoms with Gasteiger partial charge in [-0.2, -0.15) is 5.10 Å². The molecule has 0 radical (unpaired) electrons. The van der Waals surface area contributed by atoms with E-state index in [4.69, 9.17) is 9.84 Å². The van der Waals surface area contributed by atoms with Gasteiger partial charge in [0.05, 0.1) is 11.8 Å². The first-order valence-corrected chi connectivity index (χ1v) is 6.76. The summed E-state index contributed by atoms with van der Waals surface area (Å²) < 4.78 is 4.98. The summed E-state index contributed by atoms with van der Waals surface area (Å²) in [5.41, 5.74) is 2.86. The van der Waals surface area contributed by atoms with Gasteiger partial charge in [-0.1, -0.05) is 0 Å². The number of hydrazone groups is 1. The van der Waals surface area contributed by atoms with Gasteiger partial charge < -0.3 is 20.1 Å². The van der Waals surface area contributed by atoms with Gasteiger partial charge in [0, 0.05) is 6.07 Å². The average Bonchev–Trinajstić information content (AvgIpc) is 2.54. The predicted molar refractivity (Wildman–Crippen MR) is 84.4 cm³/mol. The van der Waals surface area contributed by atoms with Gasteiger partial charge >= 0.3 is 5.97 Å². The second-order valence-electron chi connectivity index (χ2n) is 4.65. The number of ether oxygens (including phenoxy) is 1. The Kier molecular flexibility index (Phi) is 5.35. The van der Waals surface area contributed by atoms with Crippen molar-refractivity contribution in [3.63, 3.8) is 0 Å². The Morgan fingerprint density at radius 3 is 2.46 bits per heavy atom. The molecule has 0 aliphatic carbocycles. The van der Waals surface area contributed by atoms with E-state index in [0.717, 1.165) is 6.07 Å². The van der Waals surface area contributed by atoms with E-state index < -0.39 is 18.5 Å². The van der Waals surface area contributed by atoms with Crippen molar-refractivity contribution in [3.8, 4) is 17.2 Å². The van der Waals surface area contributed by atoms with Gasteiger partial charge in [-0.15, -0.1) is 0 Å². The van der Waals surface area contributed by atoms with Crippen molar-refractivity contribution in [1.82, 2.24) is 5.43 Å². The highest BCUT2D eigenvalue weighted by atomic mass is 16.5. The number of nitrogens with one attached hydrogen (secondary N) is 1. The molecule has 2 aromatic rings. The highest BCUT2D eigenvalue weighted by Gasteiger charge is 2.10. The maximum atomic E-state index is 11.8. The van der Waals surface area contributed by atoms with Crippen LogP contribution in [-0.2, 0) is 4.79 Å². The molecule has 0 atom stereocenters. The second kappa shape index (κ2) is 7.63. The Morgan fingerprint density at radius 1 is 1.12 bits per heavy atom. The molecule has 0 heterocycles. The molecular weight excluding hydrogens is 316 g/mol. The average molecular weight is 330 g/mol. The fraction of sp³-hybridized carbons (Fsp3) is 0.0625. The van der Waals surface area contributed by atoms with Crippen LogP contribution in [0.15, 0.2) is 47.6 Å². The normalized spacial score (nSPS) is 10.5. The summed E-state index contributed by atoms with van der Waals surface area (Å²) in [6, 6.07) is 9.98. The second-order valence-corrected chi connectivity index (χ2v) is 4.65. The summed E-state index contributed by atoms with van der Waals surface area (Å²) in [7, 11) is 0. The number of carboxylic acid groups (broad SMARTS) is 1. The molecule has 0 spiro atoms. The van der Waals surface area contributed by atoms with E-state index in [2.05, 4.69) is 10.5 Å². The molecule has 8 heteroatoms. The number of amides is 1. The van der Waals surface area contributed by atoms with Gasteiger partial charge in [0.2, 0.25) is 0 Å². The van der Waals surface area contributed by atoms with Gasteiger partial charge in [-0.25, -0.2) is 10.2 Å². The standard InChI is InChI=1S/C16H14N2O6/c19-11-3-6-13(14(20)7-11)16(23)18-17-8-10-1-4-12(5-2-10)24-9-15(21)22/h1-8,19-20H,9H2,(H,18,23)(H,21,22). The number of hydrogen-bond acceptors (Lipinski definition) is 6. The molecule has 0 fully saturated rings. The Hall–Kier alpha value is -3.55. The fourth-order valence-electron chi connectivity index (χ4n) is 1.73. The van der Waals surface area contributed by atoms with Crippen LogP contribution in [0.4, 0.5) is 0 Å². The van der Waals surface area contributed by atoms with Gasteiger partial charge in [0.25, 0.3) is 5.91 Å². The number of hydrogen-bond donors (Lipinski definition) is 4. The lowest BCUT2D eigenvalue weighted by Gasteiger charge is -2.04. The molecule has 8 nitrogen and oxygen atoms in total. The predicted octanol–water partition coefficient (Wildman–Crippen LogP) is 1.33. The third kappa shape index (κ3) is 4.73. The zero-order chi connectivity index (χ0) is 17.5. The lowest BCUT2D eigenvalue weighted by atomic mass is 10.2. The van der Waals surface area contributed by atoms with Gasteiger partial charge in [-0.3, -0.25) is 4.79 Å². The molecule has 0 saturated heterocycles. The minimum Gasteiger partial charge on any atom is -0.508 e. The smallest absolute Gasteiger partial charge is 0.341 e. The highest BCUT2D eigenvalue weighted by Crippen LogP contribution is 2.22. The maximum Gasteiger partial charge on any atom is 0.341 e. The van der Waals surface area contributed by atoms with E-state index in [9.17, 15) is 19.8 Å². The summed E-state index contributed by atoms with van der Waals surface area (Å²) in [5, 5.41) is 31.0. The Morgan fingerprint density at radius 2 is 1.83 bits per heavy atom. The maximum absolute atomic E-state index is 11.8. The molecular formula is C16H14N2O6. The topological polar surface area (TPSA) is 128 Å². The van der Waals surface area contributed by atoms with Crippen LogP contribution in [-0.4, -0.2) is 40.0 Å². The van der Waals surface area contributed by atoms with Crippen molar-refractivity contribution in [1.29, 1.82) is 0 Å². The Balaban J connectivity index is 1.93. The summed E-state index contributed by atoms with van der Waals surface area (Å²) >= 11 is 0. The van der Waals surface area contributed by atoms with Crippen LogP contribution in [0.5, 0.6) is 17.2 Å². The van der Waals surface area contributed by atoms with Crippen LogP contribution in [0.1, 0.15) is 15.9 Å². The molecule has 0 saturated carbocycles. The Bertz CT molecular complexity index is 771. The molecule has 0 aliphatic rings. The monoisotopic (exact) mass is 330 g/mol. The first-order chi connectivity index (χ1) is 11.5. The minimum atomic E-state index is -1.07. The van der Waals surface area contributed by atoms with Crippen LogP contribution in [0.2, 0.25) is 0 Å². The quantitative estimate of drug-likeness (QED) is 0.467. The largest absolute Gasteiger partial charge is 0.508 e. The fourth-order valence-corrected chi connectivity index (χ4v) is 1.73. The number of aliphatic carboxylic acids is 1. The zero-order valence-electron chi connectivity index (χ0n) is 12.3. The molecule has 2 rings (SSSR count). The number of rotatable bonds is 6. The zero-order valence-corrected chi connectivity index (χ0v) is 12.3. The van der Waals surface area contributed by atoms with Crippen molar-refractivity contribution >= 4 is 18.1 Å². The van der Waals surface area contributed by atoms with Crippen LogP contribution >= 0.6 is 0 Å². The summed E-state index contributed by atoms with van der Waals surface area (Å²) in [5.74, 6) is -1.82. The van der Waals surface area contributed by atoms with Crippen molar-refractivity contribution in [3.05, 3.63) is 53.6 Å². The SMILES string of the molecule is O=C(O)COc1ccc(C=NNC(=O)c2ccc(O)cc2O)cc1. The van der Waals surface area contributed by atoms with Crippen molar-refractivity contribution < 1.29 is 29.6 Å². The number of phenolic OH excluding ortho intramolecular Hbond substituents is 2. The van der Waals surface area contributed by atoms with Gasteiger partial charge in [0.15, 0.2) is 6.61 Å². The van der Waals surface area contributed by atoms with E-state index in [0.29, 0.717) is 11.3 Å². The summed E-state index contributed by atoms with van der Waals surface area (Å²) in [4.78, 5) is 22.2. The Labute approximate surface area is 136 Å². The molecule has 24 heavy (non-hydrogen) atoms. The van der Waals surface area contributed by atoms with E-state index >= 15 is 0 Å². The summed E-state index contributed by atoms with van der Waals surface area (Å²) in [6.07, 6.45) is 1.37. The molecule has 124 valence electrons. The third-order valence-electron chi connectivity index (χ3n) is 2.85. The van der Waals surface area contributed by atoms with Crippen LogP contribution < -0.4 is 10.2 Å². The number of carboxylic acids is 1. The van der Waals surface area contributed by atoms with Gasteiger partial charge in [0.1, 0.15) is 17.2 Å². The van der Waals surface area contributed by atoms with E-state index in [1.807, 2.05) is 0 Å². The molecule has 4 N–H and O–H groups in total. The number of phenols is 2. The lowest BCUT2D eigenvalue weighted by molar-refractivity contribution is -0.139. The van der Waals surface area contributed by atoms with Crippen molar-refractivity contribution in [2.45, 2.75) is 0 Å². The molecule has 0 aliphatic heterocycles. The molecule has 2 aromatic carbocycles. The molecule has 0 aromatic heterocycles. The molecule has 0 bridgehead atoms. The van der Waals surface area contributed by atoms with Crippen LogP contribution in [0, 0.1) is 0 Å². The van der Waals surface area contributed by atoms with Crippen LogP contribution in [0.25, 0.3) is 0 Å². The van der Waals surface area contributed by atoms with Crippen molar-refractivity contribution in [2.75, 3.05) is 6.61 Å². The molecule has 0 unspecified atom stereocenters. The number of nitrogens with zero attached hydrogens (tertiary/aromatic N) is 1. The van der Waals surface area contributed by atoms with Gasteiger partial charge in [-0.05, 0) is 42.0 Å². The lowest BCUT2D eigenvalue weighted by Crippen LogP contribution is -2.17. The first-order valence-electron chi connectivity index (χ1n) is 6.76. The number of carbonyl (C=O) groups is 2. The number of benzene rings is 2. The number of carbonyl (C=O) groups excluding carboxylic acids is 1. The minimum absolute atomic E-state index is 0.0256. The third-order valence-corrected chi connectivity index (χ3v) is 2.85. The first kappa shape index (κ1) is 16.8. The highest BCUT2D eigenvalue weighted by molar-refractivity contribution is 5.97. The van der Waals surface area contributed by atoms with E-state index in [1.165, 1.54) is 18.3 Å². The molecule has 1 amide bonds.